The topological polar surface area (TPSA) is 318 Å². The van der Waals surface area contributed by atoms with Crippen LogP contribution in [0.5, 0.6) is 0 Å². The van der Waals surface area contributed by atoms with Crippen molar-refractivity contribution in [1.29, 1.82) is 0 Å². The molecule has 15 unspecified atom stereocenters. The van der Waals surface area contributed by atoms with Crippen LogP contribution in [0.1, 0.15) is 12.8 Å². The van der Waals surface area contributed by atoms with E-state index in [9.17, 15) is 35.4 Å². The van der Waals surface area contributed by atoms with Gasteiger partial charge in [-0.15, -0.1) is 0 Å². The van der Waals surface area contributed by atoms with E-state index in [1.165, 1.54) is 0 Å². The Morgan fingerprint density at radius 2 is 1.39 bits per heavy atom. The Bertz CT molecular complexity index is 771. The third kappa shape index (κ3) is 6.60. The molecule has 17 heteroatoms. The first-order valence-corrected chi connectivity index (χ1v) is 12.6. The SMILES string of the molecule is NCCC(O)C(=O)NC1CC(N)C(OC2OC(CN)C(O)C(O)C2N)C(OC2OC(CN)C(O)C2O)C1O. The van der Waals surface area contributed by atoms with E-state index in [0.29, 0.717) is 0 Å². The van der Waals surface area contributed by atoms with Crippen molar-refractivity contribution in [2.45, 2.75) is 105 Å². The zero-order valence-electron chi connectivity index (χ0n) is 20.8. The zero-order valence-corrected chi connectivity index (χ0v) is 20.8. The van der Waals surface area contributed by atoms with Crippen LogP contribution in [-0.4, -0.2) is 148 Å². The van der Waals surface area contributed by atoms with Crippen molar-refractivity contribution in [3.63, 3.8) is 0 Å². The van der Waals surface area contributed by atoms with E-state index in [0.717, 1.165) is 0 Å². The van der Waals surface area contributed by atoms with Crippen LogP contribution in [0, 0.1) is 0 Å². The molecule has 2 aliphatic heterocycles. The van der Waals surface area contributed by atoms with Crippen LogP contribution < -0.4 is 34.0 Å². The molecule has 1 saturated carbocycles. The summed E-state index contributed by atoms with van der Waals surface area (Å²) in [5.41, 5.74) is 29.0. The molecule has 15 atom stereocenters. The van der Waals surface area contributed by atoms with Crippen molar-refractivity contribution in [2.75, 3.05) is 19.6 Å². The van der Waals surface area contributed by atoms with E-state index in [1.54, 1.807) is 0 Å². The highest BCUT2D eigenvalue weighted by atomic mass is 16.7. The minimum atomic E-state index is -1.54. The predicted octanol–water partition coefficient (Wildman–Crippen LogP) is -7.82. The first-order chi connectivity index (χ1) is 17.9. The number of nitrogens with one attached hydrogen (secondary N) is 1. The summed E-state index contributed by atoms with van der Waals surface area (Å²) in [5, 5.41) is 64.8. The number of hydrogen-bond donors (Lipinski definition) is 12. The maximum atomic E-state index is 12.4. The van der Waals surface area contributed by atoms with Crippen LogP contribution >= 0.6 is 0 Å². The van der Waals surface area contributed by atoms with Crippen LogP contribution in [0.4, 0.5) is 0 Å². The Labute approximate surface area is 219 Å². The molecule has 0 aromatic heterocycles. The summed E-state index contributed by atoms with van der Waals surface area (Å²) in [5.74, 6) is -0.791. The highest BCUT2D eigenvalue weighted by Crippen LogP contribution is 2.32. The van der Waals surface area contributed by atoms with Gasteiger partial charge in [-0.05, 0) is 19.4 Å². The Balaban J connectivity index is 1.84. The molecule has 17 N–H and O–H groups in total. The molecule has 3 aliphatic rings. The molecule has 1 amide bonds. The zero-order chi connectivity index (χ0) is 28.3. The molecule has 0 radical (unpaired) electrons. The Morgan fingerprint density at radius 1 is 0.842 bits per heavy atom. The van der Waals surface area contributed by atoms with Gasteiger partial charge in [-0.3, -0.25) is 4.79 Å². The quantitative estimate of drug-likeness (QED) is 0.119. The number of ether oxygens (including phenoxy) is 4. The largest absolute Gasteiger partial charge is 0.388 e. The third-order valence-electron chi connectivity index (χ3n) is 7.21. The summed E-state index contributed by atoms with van der Waals surface area (Å²) < 4.78 is 22.9. The van der Waals surface area contributed by atoms with Gasteiger partial charge in [0.05, 0.1) is 12.1 Å². The lowest BCUT2D eigenvalue weighted by Gasteiger charge is -2.48. The molecule has 3 rings (SSSR count). The second kappa shape index (κ2) is 13.5. The molecular weight excluding hydrogens is 512 g/mol. The lowest BCUT2D eigenvalue weighted by atomic mass is 9.83. The monoisotopic (exact) mass is 554 g/mol. The number of hydrogen-bond acceptors (Lipinski definition) is 16. The van der Waals surface area contributed by atoms with Crippen LogP contribution in [0.2, 0.25) is 0 Å². The van der Waals surface area contributed by atoms with Gasteiger partial charge in [0.15, 0.2) is 12.6 Å². The fourth-order valence-corrected chi connectivity index (χ4v) is 4.88. The van der Waals surface area contributed by atoms with E-state index in [1.807, 2.05) is 0 Å². The molecule has 1 aliphatic carbocycles. The van der Waals surface area contributed by atoms with Crippen LogP contribution in [0.25, 0.3) is 0 Å². The number of rotatable bonds is 10. The molecule has 2 saturated heterocycles. The number of nitrogens with two attached hydrogens (primary N) is 5. The highest BCUT2D eigenvalue weighted by molar-refractivity contribution is 5.80. The summed E-state index contributed by atoms with van der Waals surface area (Å²) in [6.45, 7) is -0.242. The van der Waals surface area contributed by atoms with Crippen molar-refractivity contribution in [3.8, 4) is 0 Å². The lowest BCUT2D eigenvalue weighted by molar-refractivity contribution is -0.306. The van der Waals surface area contributed by atoms with Crippen molar-refractivity contribution < 1.29 is 54.4 Å². The molecule has 0 spiro atoms. The van der Waals surface area contributed by atoms with Gasteiger partial charge in [-0.2, -0.15) is 0 Å². The second-order valence-corrected chi connectivity index (χ2v) is 9.90. The fraction of sp³-hybridized carbons (Fsp3) is 0.952. The van der Waals surface area contributed by atoms with E-state index in [4.69, 9.17) is 47.6 Å². The standard InChI is InChI=1S/C21H42N6O11/c22-2-1-8(28)19(34)27-7-3-6(25)17(37-20-11(26)15(32)13(30)9(4-23)35-20)18(12(7)29)38-21-16(33)14(31)10(5-24)36-21/h6-18,20-21,28-33H,1-5,22-26H2,(H,27,34). The van der Waals surface area contributed by atoms with E-state index >= 15 is 0 Å². The Hall–Kier alpha value is -1.13. The number of amides is 1. The summed E-state index contributed by atoms with van der Waals surface area (Å²) in [7, 11) is 0. The van der Waals surface area contributed by atoms with Gasteiger partial charge >= 0.3 is 0 Å². The van der Waals surface area contributed by atoms with E-state index in [2.05, 4.69) is 5.32 Å². The molecule has 222 valence electrons. The summed E-state index contributed by atoms with van der Waals surface area (Å²) in [6.07, 6.45) is -16.2. The smallest absolute Gasteiger partial charge is 0.249 e. The minimum absolute atomic E-state index is 0.0137. The second-order valence-electron chi connectivity index (χ2n) is 9.90. The summed E-state index contributed by atoms with van der Waals surface area (Å²) in [6, 6.07) is -3.22. The maximum absolute atomic E-state index is 12.4. The van der Waals surface area contributed by atoms with Gasteiger partial charge in [-0.25, -0.2) is 0 Å². The minimum Gasteiger partial charge on any atom is -0.388 e. The first-order valence-electron chi connectivity index (χ1n) is 12.6. The van der Waals surface area contributed by atoms with E-state index < -0.39 is 97.7 Å². The van der Waals surface area contributed by atoms with Crippen molar-refractivity contribution in [1.82, 2.24) is 5.32 Å². The number of aliphatic hydroxyl groups excluding tert-OH is 6. The van der Waals surface area contributed by atoms with Gasteiger partial charge in [0.25, 0.3) is 0 Å². The summed E-state index contributed by atoms with van der Waals surface area (Å²) in [4.78, 5) is 12.4. The molecule has 0 bridgehead atoms. The normalized spacial score (nSPS) is 46.6. The van der Waals surface area contributed by atoms with Crippen LogP contribution in [0.15, 0.2) is 0 Å². The molecule has 17 nitrogen and oxygen atoms in total. The van der Waals surface area contributed by atoms with E-state index in [-0.39, 0.29) is 32.5 Å². The van der Waals surface area contributed by atoms with Crippen LogP contribution in [-0.2, 0) is 23.7 Å². The van der Waals surface area contributed by atoms with Crippen molar-refractivity contribution in [3.05, 3.63) is 0 Å². The lowest BCUT2D eigenvalue weighted by Crippen LogP contribution is -2.69. The average Bonchev–Trinajstić information content (AvgIpc) is 3.16. The number of carbonyl (C=O) groups is 1. The third-order valence-corrected chi connectivity index (χ3v) is 7.21. The van der Waals surface area contributed by atoms with Crippen LogP contribution in [0.3, 0.4) is 0 Å². The molecule has 38 heavy (non-hydrogen) atoms. The molecular formula is C21H42N6O11. The highest BCUT2D eigenvalue weighted by Gasteiger charge is 2.52. The number of carbonyl (C=O) groups excluding carboxylic acids is 1. The number of aliphatic hydroxyl groups is 6. The Kier molecular flexibility index (Phi) is 11.1. The first kappa shape index (κ1) is 31.4. The predicted molar refractivity (Wildman–Crippen MR) is 127 cm³/mol. The molecule has 0 aromatic rings. The molecule has 0 aromatic carbocycles. The van der Waals surface area contributed by atoms with Crippen molar-refractivity contribution >= 4 is 5.91 Å². The fourth-order valence-electron chi connectivity index (χ4n) is 4.88. The van der Waals surface area contributed by atoms with Gasteiger partial charge in [0.2, 0.25) is 5.91 Å². The van der Waals surface area contributed by atoms with Gasteiger partial charge in [0, 0.05) is 19.1 Å². The average molecular weight is 555 g/mol. The maximum Gasteiger partial charge on any atom is 0.249 e. The van der Waals surface area contributed by atoms with Gasteiger partial charge < -0.3 is 83.6 Å². The Morgan fingerprint density at radius 3 is 1.97 bits per heavy atom. The molecule has 2 heterocycles. The van der Waals surface area contributed by atoms with Gasteiger partial charge in [0.1, 0.15) is 61.0 Å². The molecule has 3 fully saturated rings. The van der Waals surface area contributed by atoms with Crippen molar-refractivity contribution in [2.24, 2.45) is 28.7 Å². The summed E-state index contributed by atoms with van der Waals surface area (Å²) >= 11 is 0. The van der Waals surface area contributed by atoms with Gasteiger partial charge in [-0.1, -0.05) is 0 Å².